The maximum absolute atomic E-state index is 11.5. The predicted molar refractivity (Wildman–Crippen MR) is 30.0 cm³/mol. The van der Waals surface area contributed by atoms with Gasteiger partial charge in [-0.25, -0.2) is 0 Å². The Morgan fingerprint density at radius 1 is 1.36 bits per heavy atom. The molecule has 0 amide bonds. The van der Waals surface area contributed by atoms with Gasteiger partial charge in [-0.3, -0.25) is 0 Å². The van der Waals surface area contributed by atoms with Crippen molar-refractivity contribution in [2.45, 2.75) is 24.6 Å². The van der Waals surface area contributed by atoms with Crippen molar-refractivity contribution in [1.82, 2.24) is 0 Å². The number of halogens is 1. The third-order valence-corrected chi connectivity index (χ3v) is 1.59. The quantitative estimate of drug-likeness (QED) is 0.459. The number of hydrogen-bond acceptors (Lipinski definition) is 5. The van der Waals surface area contributed by atoms with Crippen LogP contribution in [0.4, 0.5) is 4.53 Å². The normalized spacial score (nSPS) is 44.7. The topological polar surface area (TPSA) is 79.2 Å². The van der Waals surface area contributed by atoms with E-state index in [0.29, 0.717) is 0 Å². The van der Waals surface area contributed by atoms with Crippen LogP contribution < -0.4 is 0 Å². The molecular weight excluding hydrogens is 159 g/mol. The van der Waals surface area contributed by atoms with E-state index in [2.05, 4.69) is 9.68 Å². The van der Waals surface area contributed by atoms with E-state index in [1.807, 2.05) is 0 Å². The number of aliphatic hydroxyl groups excluding tert-OH is 3. The van der Waals surface area contributed by atoms with Crippen LogP contribution >= 0.6 is 0 Å². The Bertz CT molecular complexity index is 114. The van der Waals surface area contributed by atoms with Gasteiger partial charge in [0.25, 0.3) is 0 Å². The predicted octanol–water partition coefficient (Wildman–Crippen LogP) is -1.67. The summed E-state index contributed by atoms with van der Waals surface area (Å²) in [6.07, 6.45) is -5.23. The molecule has 5 nitrogen and oxygen atoms in total. The molecule has 4 atom stereocenters. The molecule has 0 spiro atoms. The van der Waals surface area contributed by atoms with Gasteiger partial charge in [0.05, 0.1) is 6.61 Å². The van der Waals surface area contributed by atoms with Gasteiger partial charge < -0.3 is 20.1 Å². The average Bonchev–Trinajstić information content (AvgIpc) is 2.30. The van der Waals surface area contributed by atoms with Gasteiger partial charge in [-0.05, 0) is 4.53 Å². The maximum Gasteiger partial charge on any atom is 0.225 e. The Labute approximate surface area is 61.9 Å². The van der Waals surface area contributed by atoms with E-state index in [1.54, 1.807) is 0 Å². The molecule has 1 saturated heterocycles. The maximum atomic E-state index is 11.5. The van der Waals surface area contributed by atoms with Gasteiger partial charge in [0.1, 0.15) is 18.3 Å². The fraction of sp³-hybridized carbons (Fsp3) is 1.00. The second kappa shape index (κ2) is 3.42. The van der Waals surface area contributed by atoms with E-state index in [-0.39, 0.29) is 0 Å². The second-order valence-corrected chi connectivity index (χ2v) is 2.30. The lowest BCUT2D eigenvalue weighted by atomic mass is 10.1. The molecule has 0 saturated carbocycles. The molecule has 0 aromatic rings. The van der Waals surface area contributed by atoms with Crippen LogP contribution in [-0.2, 0) is 9.68 Å². The number of aliphatic hydroxyl groups is 3. The van der Waals surface area contributed by atoms with E-state index < -0.39 is 31.2 Å². The smallest absolute Gasteiger partial charge is 0.225 e. The monoisotopic (exact) mass is 168 g/mol. The zero-order valence-corrected chi connectivity index (χ0v) is 5.55. The minimum absolute atomic E-state index is 0.488. The molecule has 0 bridgehead atoms. The first kappa shape index (κ1) is 8.82. The molecule has 6 heteroatoms. The van der Waals surface area contributed by atoms with Gasteiger partial charge in [-0.15, -0.1) is 0 Å². The van der Waals surface area contributed by atoms with Crippen molar-refractivity contribution in [3.05, 3.63) is 0 Å². The zero-order chi connectivity index (χ0) is 8.43. The number of ether oxygens (including phenoxy) is 1. The third-order valence-electron chi connectivity index (χ3n) is 1.59. The van der Waals surface area contributed by atoms with Crippen molar-refractivity contribution in [1.29, 1.82) is 0 Å². The van der Waals surface area contributed by atoms with E-state index in [0.717, 1.165) is 0 Å². The molecule has 1 aliphatic heterocycles. The molecule has 1 heterocycles. The van der Waals surface area contributed by atoms with Gasteiger partial charge in [-0.2, -0.15) is 4.94 Å². The first-order chi connectivity index (χ1) is 5.20. The highest BCUT2D eigenvalue weighted by Gasteiger charge is 2.43. The molecule has 11 heavy (non-hydrogen) atoms. The van der Waals surface area contributed by atoms with Crippen LogP contribution in [0.3, 0.4) is 0 Å². The molecule has 0 aromatic carbocycles. The summed E-state index contributed by atoms with van der Waals surface area (Å²) in [4.78, 5) is 3.18. The lowest BCUT2D eigenvalue weighted by molar-refractivity contribution is -0.287. The Kier molecular flexibility index (Phi) is 2.74. The Balaban J connectivity index is 2.53. The summed E-state index contributed by atoms with van der Waals surface area (Å²) >= 11 is 0. The highest BCUT2D eigenvalue weighted by atomic mass is 19.3. The van der Waals surface area contributed by atoms with Gasteiger partial charge in [0, 0.05) is 0 Å². The van der Waals surface area contributed by atoms with Crippen LogP contribution in [0, 0.1) is 0 Å². The van der Waals surface area contributed by atoms with Crippen molar-refractivity contribution in [3.63, 3.8) is 0 Å². The van der Waals surface area contributed by atoms with E-state index in [9.17, 15) is 4.53 Å². The second-order valence-electron chi connectivity index (χ2n) is 2.30. The van der Waals surface area contributed by atoms with Gasteiger partial charge in [0.2, 0.25) is 6.29 Å². The SMILES string of the molecule is OC[C@H]1OC(OF)[C@@H](O)[C@@H]1O. The first-order valence-corrected chi connectivity index (χ1v) is 3.10. The van der Waals surface area contributed by atoms with Crippen LogP contribution in [0.5, 0.6) is 0 Å². The highest BCUT2D eigenvalue weighted by Crippen LogP contribution is 2.21. The van der Waals surface area contributed by atoms with Crippen LogP contribution in [0.25, 0.3) is 0 Å². The van der Waals surface area contributed by atoms with Gasteiger partial charge in [0.15, 0.2) is 0 Å². The van der Waals surface area contributed by atoms with Crippen LogP contribution in [0.1, 0.15) is 0 Å². The van der Waals surface area contributed by atoms with Crippen molar-refractivity contribution in [2.75, 3.05) is 6.61 Å². The minimum Gasteiger partial charge on any atom is -0.394 e. The highest BCUT2D eigenvalue weighted by molar-refractivity contribution is 4.85. The summed E-state index contributed by atoms with van der Waals surface area (Å²) in [7, 11) is 0. The summed E-state index contributed by atoms with van der Waals surface area (Å²) in [5.41, 5.74) is 0. The Morgan fingerprint density at radius 2 is 2.00 bits per heavy atom. The van der Waals surface area contributed by atoms with Crippen molar-refractivity contribution in [3.8, 4) is 0 Å². The molecule has 0 radical (unpaired) electrons. The molecule has 0 aliphatic carbocycles. The Morgan fingerprint density at radius 3 is 2.27 bits per heavy atom. The third kappa shape index (κ3) is 1.49. The molecule has 0 aromatic heterocycles. The van der Waals surface area contributed by atoms with Crippen LogP contribution in [0.2, 0.25) is 0 Å². The largest absolute Gasteiger partial charge is 0.394 e. The summed E-state index contributed by atoms with van der Waals surface area (Å²) in [6.45, 7) is -0.488. The summed E-state index contributed by atoms with van der Waals surface area (Å²) in [6, 6.07) is 0. The molecule has 1 unspecified atom stereocenters. The molecule has 1 rings (SSSR count). The molecular formula is C5H9FO5. The minimum atomic E-state index is -1.50. The Hall–Kier alpha value is -0.270. The molecule has 3 N–H and O–H groups in total. The number of hydrogen-bond donors (Lipinski definition) is 3. The average molecular weight is 168 g/mol. The van der Waals surface area contributed by atoms with E-state index in [1.165, 1.54) is 0 Å². The van der Waals surface area contributed by atoms with E-state index >= 15 is 0 Å². The van der Waals surface area contributed by atoms with Crippen molar-refractivity contribution >= 4 is 0 Å². The molecule has 66 valence electrons. The number of rotatable bonds is 2. The summed E-state index contributed by atoms with van der Waals surface area (Å²) in [5, 5.41) is 26.4. The van der Waals surface area contributed by atoms with Crippen molar-refractivity contribution in [2.24, 2.45) is 0 Å². The standard InChI is InChI=1S/C5H9FO5/c6-11-5-4(9)3(8)2(1-7)10-5/h2-5,7-9H,1H2/t2-,3-,4+,5?/m1/s1. The first-order valence-electron chi connectivity index (χ1n) is 3.10. The summed E-state index contributed by atoms with van der Waals surface area (Å²) < 4.78 is 16.0. The fourth-order valence-corrected chi connectivity index (χ4v) is 0.939. The molecule has 1 aliphatic rings. The van der Waals surface area contributed by atoms with Gasteiger partial charge in [-0.1, -0.05) is 0 Å². The zero-order valence-electron chi connectivity index (χ0n) is 5.55. The van der Waals surface area contributed by atoms with Crippen LogP contribution in [0.15, 0.2) is 0 Å². The molecule has 1 fully saturated rings. The summed E-state index contributed by atoms with van der Waals surface area (Å²) in [5.74, 6) is 0. The van der Waals surface area contributed by atoms with Crippen molar-refractivity contribution < 1.29 is 29.5 Å². The lowest BCUT2D eigenvalue weighted by Gasteiger charge is -2.09. The van der Waals surface area contributed by atoms with Gasteiger partial charge >= 0.3 is 0 Å². The lowest BCUT2D eigenvalue weighted by Crippen LogP contribution is -2.33. The van der Waals surface area contributed by atoms with E-state index in [4.69, 9.17) is 15.3 Å². The fourth-order valence-electron chi connectivity index (χ4n) is 0.939. The van der Waals surface area contributed by atoms with Crippen LogP contribution in [-0.4, -0.2) is 46.5 Å².